The minimum atomic E-state index is -4.43. The molecule has 3 aromatic carbocycles. The lowest BCUT2D eigenvalue weighted by molar-refractivity contribution is -0.189. The summed E-state index contributed by atoms with van der Waals surface area (Å²) in [5.74, 6) is -5.41. The van der Waals surface area contributed by atoms with E-state index in [0.29, 0.717) is 28.8 Å². The third-order valence-electron chi connectivity index (χ3n) is 7.88. The van der Waals surface area contributed by atoms with Gasteiger partial charge in [-0.1, -0.05) is 56.2 Å². The number of benzene rings is 3. The highest BCUT2D eigenvalue weighted by Gasteiger charge is 2.42. The van der Waals surface area contributed by atoms with Gasteiger partial charge in [0.05, 0.1) is 0 Å². The molecule has 0 amide bonds. The van der Waals surface area contributed by atoms with Crippen LogP contribution in [0.2, 0.25) is 0 Å². The van der Waals surface area contributed by atoms with Gasteiger partial charge in [-0.05, 0) is 96.2 Å². The van der Waals surface area contributed by atoms with E-state index >= 15 is 22.0 Å². The SMILES string of the molecule is CCCCCc1ccc(C2=CC(F)C(c3cc(F)c(C(F)(F)Oc4cc(F)c(C)c(C5CC5)c4)c(F)c3)C=C2)cc1. The summed E-state index contributed by atoms with van der Waals surface area (Å²) >= 11 is 0. The first-order valence-electron chi connectivity index (χ1n) is 14.1. The van der Waals surface area contributed by atoms with Crippen LogP contribution in [0.25, 0.3) is 5.57 Å². The largest absolute Gasteiger partial charge is 0.432 e. The Morgan fingerprint density at radius 2 is 1.59 bits per heavy atom. The van der Waals surface area contributed by atoms with Crippen molar-refractivity contribution in [2.24, 2.45) is 0 Å². The molecule has 41 heavy (non-hydrogen) atoms. The Bertz CT molecular complexity index is 1450. The van der Waals surface area contributed by atoms with E-state index in [9.17, 15) is 4.39 Å². The first-order chi connectivity index (χ1) is 19.6. The molecule has 0 N–H and O–H groups in total. The summed E-state index contributed by atoms with van der Waals surface area (Å²) < 4.78 is 94.3. The molecule has 0 heterocycles. The summed E-state index contributed by atoms with van der Waals surface area (Å²) in [7, 11) is 0. The number of alkyl halides is 3. The van der Waals surface area contributed by atoms with Crippen LogP contribution in [0.4, 0.5) is 26.3 Å². The predicted molar refractivity (Wildman–Crippen MR) is 148 cm³/mol. The molecule has 1 fully saturated rings. The summed E-state index contributed by atoms with van der Waals surface area (Å²) in [6.07, 6.45) is 4.42. The Balaban J connectivity index is 1.33. The topological polar surface area (TPSA) is 9.23 Å². The van der Waals surface area contributed by atoms with E-state index in [2.05, 4.69) is 11.7 Å². The molecule has 0 bridgehead atoms. The average molecular weight is 571 g/mol. The Hall–Kier alpha value is -3.48. The maximum Gasteiger partial charge on any atom is 0.432 e. The molecule has 216 valence electrons. The van der Waals surface area contributed by atoms with Crippen molar-refractivity contribution < 1.29 is 31.1 Å². The van der Waals surface area contributed by atoms with Crippen LogP contribution in [0, 0.1) is 24.4 Å². The molecule has 2 aliphatic carbocycles. The van der Waals surface area contributed by atoms with E-state index in [1.807, 2.05) is 24.3 Å². The minimum Gasteiger partial charge on any atom is -0.429 e. The zero-order chi connectivity index (χ0) is 29.3. The van der Waals surface area contributed by atoms with Gasteiger partial charge in [-0.2, -0.15) is 8.78 Å². The van der Waals surface area contributed by atoms with E-state index in [4.69, 9.17) is 0 Å². The van der Waals surface area contributed by atoms with Crippen LogP contribution in [0.3, 0.4) is 0 Å². The van der Waals surface area contributed by atoms with Gasteiger partial charge < -0.3 is 4.74 Å². The maximum atomic E-state index is 15.2. The third kappa shape index (κ3) is 6.39. The molecule has 0 saturated heterocycles. The van der Waals surface area contributed by atoms with Crippen molar-refractivity contribution >= 4 is 5.57 Å². The van der Waals surface area contributed by atoms with Crippen molar-refractivity contribution in [1.82, 2.24) is 0 Å². The average Bonchev–Trinajstić information content (AvgIpc) is 3.76. The molecule has 0 aromatic heterocycles. The molecule has 2 atom stereocenters. The van der Waals surface area contributed by atoms with Gasteiger partial charge >= 0.3 is 6.11 Å². The molecule has 3 aromatic rings. The molecule has 2 aliphatic rings. The second kappa shape index (κ2) is 11.8. The lowest BCUT2D eigenvalue weighted by Crippen LogP contribution is -2.26. The molecular formula is C34H32F6O. The van der Waals surface area contributed by atoms with Gasteiger partial charge in [-0.25, -0.2) is 17.6 Å². The van der Waals surface area contributed by atoms with Gasteiger partial charge in [0.2, 0.25) is 0 Å². The summed E-state index contributed by atoms with van der Waals surface area (Å²) in [6.45, 7) is 3.69. The highest BCUT2D eigenvalue weighted by molar-refractivity contribution is 5.76. The van der Waals surface area contributed by atoms with Gasteiger partial charge in [0.25, 0.3) is 0 Å². The van der Waals surface area contributed by atoms with Crippen LogP contribution >= 0.6 is 0 Å². The smallest absolute Gasteiger partial charge is 0.429 e. The van der Waals surface area contributed by atoms with Crippen LogP contribution in [-0.2, 0) is 12.5 Å². The number of rotatable bonds is 10. The van der Waals surface area contributed by atoms with Crippen LogP contribution in [0.5, 0.6) is 5.75 Å². The fourth-order valence-electron chi connectivity index (χ4n) is 5.39. The van der Waals surface area contributed by atoms with Crippen molar-refractivity contribution in [3.8, 4) is 5.75 Å². The molecule has 7 heteroatoms. The number of ether oxygens (including phenoxy) is 1. The summed E-state index contributed by atoms with van der Waals surface area (Å²) in [5, 5.41) is 0. The van der Waals surface area contributed by atoms with Gasteiger partial charge in [0.1, 0.15) is 34.9 Å². The summed E-state index contributed by atoms with van der Waals surface area (Å²) in [5.41, 5.74) is 1.77. The molecule has 0 radical (unpaired) electrons. The van der Waals surface area contributed by atoms with Crippen LogP contribution in [0.15, 0.2) is 66.8 Å². The van der Waals surface area contributed by atoms with Crippen LogP contribution in [0.1, 0.15) is 84.2 Å². The van der Waals surface area contributed by atoms with Crippen LogP contribution < -0.4 is 4.74 Å². The quantitative estimate of drug-likeness (QED) is 0.174. The number of allylic oxidation sites excluding steroid dienone is 4. The van der Waals surface area contributed by atoms with E-state index < -0.39 is 47.0 Å². The maximum absolute atomic E-state index is 15.2. The Labute approximate surface area is 236 Å². The van der Waals surface area contributed by atoms with Gasteiger partial charge in [-0.15, -0.1) is 0 Å². The minimum absolute atomic E-state index is 0.0519. The third-order valence-corrected chi connectivity index (χ3v) is 7.88. The number of hydrogen-bond donors (Lipinski definition) is 0. The second-order valence-corrected chi connectivity index (χ2v) is 11.0. The molecular weight excluding hydrogens is 538 g/mol. The van der Waals surface area contributed by atoms with Crippen molar-refractivity contribution in [3.63, 3.8) is 0 Å². The highest BCUT2D eigenvalue weighted by atomic mass is 19.3. The zero-order valence-corrected chi connectivity index (χ0v) is 23.0. The summed E-state index contributed by atoms with van der Waals surface area (Å²) in [6, 6.07) is 11.3. The van der Waals surface area contributed by atoms with Gasteiger partial charge in [-0.3, -0.25) is 0 Å². The van der Waals surface area contributed by atoms with Crippen LogP contribution in [-0.4, -0.2) is 6.17 Å². The standard InChI is InChI=1S/C34H32F6O/c1-3-4-5-6-21-7-9-22(10-8-21)24-13-14-27(30(36)15-24)25-16-31(37)33(32(38)17-25)34(39,40)41-26-18-28(23-11-12-23)20(2)29(35)19-26/h7-10,13-19,23,27,30H,3-6,11-12H2,1-2H3. The molecule has 1 saturated carbocycles. The van der Waals surface area contributed by atoms with Crippen molar-refractivity contribution in [2.45, 2.75) is 76.5 Å². The number of unbranched alkanes of at least 4 members (excludes halogenated alkanes) is 2. The fourth-order valence-corrected chi connectivity index (χ4v) is 5.39. The highest BCUT2D eigenvalue weighted by Crippen LogP contribution is 2.45. The number of halogens is 6. The molecule has 0 aliphatic heterocycles. The van der Waals surface area contributed by atoms with Gasteiger partial charge in [0, 0.05) is 12.0 Å². The Morgan fingerprint density at radius 1 is 0.902 bits per heavy atom. The van der Waals surface area contributed by atoms with Crippen molar-refractivity contribution in [2.75, 3.05) is 0 Å². The zero-order valence-electron chi connectivity index (χ0n) is 23.0. The fraction of sp³-hybridized carbons (Fsp3) is 0.353. The first-order valence-corrected chi connectivity index (χ1v) is 14.1. The second-order valence-electron chi connectivity index (χ2n) is 11.0. The monoisotopic (exact) mass is 570 g/mol. The van der Waals surface area contributed by atoms with E-state index in [-0.39, 0.29) is 11.5 Å². The predicted octanol–water partition coefficient (Wildman–Crippen LogP) is 10.2. The first kappa shape index (κ1) is 29.0. The Kier molecular flexibility index (Phi) is 8.35. The summed E-state index contributed by atoms with van der Waals surface area (Å²) in [4.78, 5) is 0. The normalized spacial score (nSPS) is 18.9. The number of hydrogen-bond acceptors (Lipinski definition) is 1. The lowest BCUT2D eigenvalue weighted by atomic mass is 9.86. The molecule has 2 unspecified atom stereocenters. The van der Waals surface area contributed by atoms with E-state index in [1.165, 1.54) is 23.8 Å². The van der Waals surface area contributed by atoms with E-state index in [0.717, 1.165) is 50.2 Å². The van der Waals surface area contributed by atoms with E-state index in [1.54, 1.807) is 13.0 Å². The molecule has 5 rings (SSSR count). The van der Waals surface area contributed by atoms with Crippen molar-refractivity contribution in [1.29, 1.82) is 0 Å². The lowest BCUT2D eigenvalue weighted by Gasteiger charge is -2.24. The van der Waals surface area contributed by atoms with Gasteiger partial charge in [0.15, 0.2) is 0 Å². The Morgan fingerprint density at radius 3 is 2.20 bits per heavy atom. The molecule has 0 spiro atoms. The molecule has 1 nitrogen and oxygen atoms in total. The number of aryl methyl sites for hydroxylation is 1. The van der Waals surface area contributed by atoms with Crippen molar-refractivity contribution in [3.05, 3.63) is 118 Å².